The fourth-order valence-electron chi connectivity index (χ4n) is 2.14. The molecule has 0 saturated heterocycles. The molecular weight excluding hydrogens is 242 g/mol. The molecule has 1 aliphatic rings. The van der Waals surface area contributed by atoms with Crippen molar-refractivity contribution in [1.82, 2.24) is 9.97 Å². The first-order valence-electron chi connectivity index (χ1n) is 6.14. The van der Waals surface area contributed by atoms with E-state index in [1.807, 2.05) is 26.0 Å². The lowest BCUT2D eigenvalue weighted by atomic mass is 10.0. The van der Waals surface area contributed by atoms with Gasteiger partial charge in [-0.25, -0.2) is 9.97 Å². The second-order valence-corrected chi connectivity index (χ2v) is 4.53. The van der Waals surface area contributed by atoms with E-state index in [2.05, 4.69) is 9.97 Å². The van der Waals surface area contributed by atoms with E-state index in [-0.39, 0.29) is 0 Å². The molecule has 0 unspecified atom stereocenters. The van der Waals surface area contributed by atoms with Gasteiger partial charge in [0.05, 0.1) is 17.1 Å². The van der Waals surface area contributed by atoms with Crippen LogP contribution in [0.15, 0.2) is 18.5 Å². The number of benzene rings is 1. The van der Waals surface area contributed by atoms with Gasteiger partial charge in [-0.2, -0.15) is 0 Å². The monoisotopic (exact) mass is 257 g/mol. The molecule has 3 rings (SSSR count). The fraction of sp³-hybridized carbons (Fsp3) is 0.286. The van der Waals surface area contributed by atoms with Gasteiger partial charge in [0.2, 0.25) is 0 Å². The van der Waals surface area contributed by atoms with E-state index in [0.29, 0.717) is 18.9 Å². The highest BCUT2D eigenvalue weighted by Gasteiger charge is 2.17. The zero-order chi connectivity index (χ0) is 13.4. The average molecular weight is 257 g/mol. The first-order valence-corrected chi connectivity index (χ1v) is 6.14. The van der Waals surface area contributed by atoms with Crippen LogP contribution in [0.2, 0.25) is 0 Å². The summed E-state index contributed by atoms with van der Waals surface area (Å²) in [5, 5.41) is 0. The van der Waals surface area contributed by atoms with Crippen LogP contribution >= 0.6 is 0 Å². The molecule has 1 aromatic heterocycles. The molecule has 2 heterocycles. The van der Waals surface area contributed by atoms with Crippen LogP contribution in [0.3, 0.4) is 0 Å². The summed E-state index contributed by atoms with van der Waals surface area (Å²) in [6.07, 6.45) is 1.53. The molecule has 1 aliphatic heterocycles. The molecule has 0 fully saturated rings. The molecule has 1 aromatic carbocycles. The molecule has 19 heavy (non-hydrogen) atoms. The van der Waals surface area contributed by atoms with Crippen molar-refractivity contribution < 1.29 is 9.47 Å². The fourth-order valence-corrected chi connectivity index (χ4v) is 2.14. The van der Waals surface area contributed by atoms with Crippen molar-refractivity contribution in [3.63, 3.8) is 0 Å². The van der Waals surface area contributed by atoms with Gasteiger partial charge in [-0.1, -0.05) is 0 Å². The van der Waals surface area contributed by atoms with Gasteiger partial charge in [0, 0.05) is 5.56 Å². The van der Waals surface area contributed by atoms with Crippen LogP contribution in [0.25, 0.3) is 11.3 Å². The van der Waals surface area contributed by atoms with Crippen LogP contribution in [-0.2, 0) is 0 Å². The Hall–Kier alpha value is -2.30. The number of hydrogen-bond donors (Lipinski definition) is 1. The standard InChI is InChI=1S/C14H15N3O2/c1-8-5-11-12(19-4-3-18-11)6-10(8)14-13(15)9(2)16-7-17-14/h5-7H,3-4,15H2,1-2H3. The van der Waals surface area contributed by atoms with Crippen LogP contribution in [0, 0.1) is 13.8 Å². The van der Waals surface area contributed by atoms with Gasteiger partial charge in [0.15, 0.2) is 11.5 Å². The van der Waals surface area contributed by atoms with E-state index >= 15 is 0 Å². The summed E-state index contributed by atoms with van der Waals surface area (Å²) in [6, 6.07) is 3.89. The summed E-state index contributed by atoms with van der Waals surface area (Å²) < 4.78 is 11.2. The van der Waals surface area contributed by atoms with Crippen molar-refractivity contribution in [1.29, 1.82) is 0 Å². The summed E-state index contributed by atoms with van der Waals surface area (Å²) in [5.74, 6) is 1.51. The second-order valence-electron chi connectivity index (χ2n) is 4.53. The summed E-state index contributed by atoms with van der Waals surface area (Å²) in [4.78, 5) is 8.38. The second kappa shape index (κ2) is 4.42. The van der Waals surface area contributed by atoms with Crippen molar-refractivity contribution in [2.45, 2.75) is 13.8 Å². The number of anilines is 1. The number of nitrogens with zero attached hydrogens (tertiary/aromatic N) is 2. The topological polar surface area (TPSA) is 70.3 Å². The Morgan fingerprint density at radius 1 is 1.05 bits per heavy atom. The smallest absolute Gasteiger partial charge is 0.162 e. The number of rotatable bonds is 1. The molecule has 0 amide bonds. The van der Waals surface area contributed by atoms with E-state index in [0.717, 1.165) is 34.0 Å². The Morgan fingerprint density at radius 2 is 1.74 bits per heavy atom. The van der Waals surface area contributed by atoms with Crippen molar-refractivity contribution in [3.05, 3.63) is 29.7 Å². The van der Waals surface area contributed by atoms with Gasteiger partial charge in [-0.3, -0.25) is 0 Å². The largest absolute Gasteiger partial charge is 0.486 e. The first kappa shape index (κ1) is 11.8. The maximum atomic E-state index is 6.06. The summed E-state index contributed by atoms with van der Waals surface area (Å²) in [5.41, 5.74) is 10.2. The molecule has 0 saturated carbocycles. The van der Waals surface area contributed by atoms with Crippen LogP contribution in [0.4, 0.5) is 5.69 Å². The van der Waals surface area contributed by atoms with Crippen LogP contribution in [0.5, 0.6) is 11.5 Å². The third kappa shape index (κ3) is 1.97. The zero-order valence-corrected chi connectivity index (χ0v) is 10.9. The Labute approximate surface area is 111 Å². The molecule has 5 heteroatoms. The molecule has 2 N–H and O–H groups in total. The predicted octanol–water partition coefficient (Wildman–Crippen LogP) is 2.11. The Bertz CT molecular complexity index is 641. The molecule has 0 bridgehead atoms. The molecule has 2 aromatic rings. The SMILES string of the molecule is Cc1cc2c(cc1-c1ncnc(C)c1N)OCCO2. The van der Waals surface area contributed by atoms with E-state index in [9.17, 15) is 0 Å². The summed E-state index contributed by atoms with van der Waals surface area (Å²) in [6.45, 7) is 5.02. The van der Waals surface area contributed by atoms with E-state index in [4.69, 9.17) is 15.2 Å². The molecule has 0 atom stereocenters. The Balaban J connectivity index is 2.17. The predicted molar refractivity (Wildman–Crippen MR) is 72.3 cm³/mol. The quantitative estimate of drug-likeness (QED) is 0.847. The highest BCUT2D eigenvalue weighted by atomic mass is 16.6. The highest BCUT2D eigenvalue weighted by Crippen LogP contribution is 2.38. The van der Waals surface area contributed by atoms with Gasteiger partial charge >= 0.3 is 0 Å². The van der Waals surface area contributed by atoms with Crippen LogP contribution < -0.4 is 15.2 Å². The normalized spacial score (nSPS) is 13.4. The Kier molecular flexibility index (Phi) is 2.74. The lowest BCUT2D eigenvalue weighted by Crippen LogP contribution is -2.15. The minimum atomic E-state index is 0.563. The van der Waals surface area contributed by atoms with Crippen molar-refractivity contribution in [3.8, 4) is 22.8 Å². The minimum absolute atomic E-state index is 0.563. The number of aryl methyl sites for hydroxylation is 2. The third-order valence-corrected chi connectivity index (χ3v) is 3.23. The maximum absolute atomic E-state index is 6.06. The number of nitrogens with two attached hydrogens (primary N) is 1. The maximum Gasteiger partial charge on any atom is 0.162 e. The zero-order valence-electron chi connectivity index (χ0n) is 10.9. The summed E-state index contributed by atoms with van der Waals surface area (Å²) >= 11 is 0. The number of nitrogen functional groups attached to an aromatic ring is 1. The van der Waals surface area contributed by atoms with Gasteiger partial charge in [-0.15, -0.1) is 0 Å². The molecule has 0 radical (unpaired) electrons. The number of ether oxygens (including phenoxy) is 2. The van der Waals surface area contributed by atoms with Crippen molar-refractivity contribution in [2.24, 2.45) is 0 Å². The summed E-state index contributed by atoms with van der Waals surface area (Å²) in [7, 11) is 0. The van der Waals surface area contributed by atoms with Gasteiger partial charge in [0.25, 0.3) is 0 Å². The lowest BCUT2D eigenvalue weighted by molar-refractivity contribution is 0.171. The molecule has 98 valence electrons. The minimum Gasteiger partial charge on any atom is -0.486 e. The molecule has 0 aliphatic carbocycles. The molecule has 5 nitrogen and oxygen atoms in total. The van der Waals surface area contributed by atoms with E-state index in [1.54, 1.807) is 0 Å². The van der Waals surface area contributed by atoms with Gasteiger partial charge in [0.1, 0.15) is 19.5 Å². The van der Waals surface area contributed by atoms with Gasteiger partial charge < -0.3 is 15.2 Å². The van der Waals surface area contributed by atoms with Crippen molar-refractivity contribution >= 4 is 5.69 Å². The average Bonchev–Trinajstić information content (AvgIpc) is 2.41. The highest BCUT2D eigenvalue weighted by molar-refractivity contribution is 5.78. The number of hydrogen-bond acceptors (Lipinski definition) is 5. The van der Waals surface area contributed by atoms with E-state index < -0.39 is 0 Å². The van der Waals surface area contributed by atoms with Gasteiger partial charge in [-0.05, 0) is 31.5 Å². The molecule has 0 spiro atoms. The Morgan fingerprint density at radius 3 is 2.47 bits per heavy atom. The lowest BCUT2D eigenvalue weighted by Gasteiger charge is -2.20. The first-order chi connectivity index (χ1) is 9.16. The van der Waals surface area contributed by atoms with E-state index in [1.165, 1.54) is 6.33 Å². The van der Waals surface area contributed by atoms with Crippen molar-refractivity contribution in [2.75, 3.05) is 18.9 Å². The third-order valence-electron chi connectivity index (χ3n) is 3.23. The number of aromatic nitrogens is 2. The van der Waals surface area contributed by atoms with Crippen LogP contribution in [-0.4, -0.2) is 23.2 Å². The molecular formula is C14H15N3O2. The van der Waals surface area contributed by atoms with Crippen LogP contribution in [0.1, 0.15) is 11.3 Å². The number of fused-ring (bicyclic) bond motifs is 1.